The van der Waals surface area contributed by atoms with Gasteiger partial charge in [0, 0.05) is 0 Å². The molecule has 0 spiro atoms. The third kappa shape index (κ3) is 2.13. The molecule has 0 aliphatic heterocycles. The number of hydrogen-bond acceptors (Lipinski definition) is 4. The molecule has 0 radical (unpaired) electrons. The Balaban J connectivity index is 2.06. The third-order valence-corrected chi connectivity index (χ3v) is 3.58. The lowest BCUT2D eigenvalue weighted by atomic mass is 10.1. The maximum absolute atomic E-state index is 11.4. The maximum Gasteiger partial charge on any atom is 0.250 e. The summed E-state index contributed by atoms with van der Waals surface area (Å²) in [7, 11) is 0. The van der Waals surface area contributed by atoms with E-state index in [1.54, 1.807) is 40.4 Å². The molecule has 3 rings (SSSR count). The zero-order chi connectivity index (χ0) is 13.2. The number of nitrogens with zero attached hydrogens (tertiary/aromatic N) is 3. The number of primary amides is 1. The average Bonchev–Trinajstić information content (AvgIpc) is 3.09. The van der Waals surface area contributed by atoms with Gasteiger partial charge in [-0.2, -0.15) is 0 Å². The Hall–Kier alpha value is -2.47. The van der Waals surface area contributed by atoms with Crippen LogP contribution in [0.4, 0.5) is 0 Å². The summed E-state index contributed by atoms with van der Waals surface area (Å²) in [5.74, 6) is -0.483. The lowest BCUT2D eigenvalue weighted by Gasteiger charge is -2.04. The monoisotopic (exact) mass is 270 g/mol. The number of carbonyl (C=O) groups excluding carboxylic acids is 1. The molecule has 0 unspecified atom stereocenters. The Morgan fingerprint density at radius 2 is 2.05 bits per heavy atom. The molecule has 2 heterocycles. The number of hydrogen-bond donors (Lipinski definition) is 1. The highest BCUT2D eigenvalue weighted by Crippen LogP contribution is 2.23. The Morgan fingerprint density at radius 1 is 1.21 bits per heavy atom. The predicted molar refractivity (Wildman–Crippen MR) is 73.2 cm³/mol. The zero-order valence-corrected chi connectivity index (χ0v) is 10.7. The Kier molecular flexibility index (Phi) is 2.85. The van der Waals surface area contributed by atoms with Gasteiger partial charge in [0.2, 0.25) is 0 Å². The van der Waals surface area contributed by atoms with Crippen molar-refractivity contribution in [2.75, 3.05) is 0 Å². The third-order valence-electron chi connectivity index (χ3n) is 2.68. The molecule has 6 heteroatoms. The molecule has 1 aromatic carbocycles. The first-order valence-corrected chi connectivity index (χ1v) is 6.49. The Morgan fingerprint density at radius 3 is 2.79 bits per heavy atom. The van der Waals surface area contributed by atoms with Crippen molar-refractivity contribution in [3.05, 3.63) is 53.5 Å². The molecule has 3 aromatic rings. The minimum atomic E-state index is -0.483. The normalized spacial score (nSPS) is 10.5. The van der Waals surface area contributed by atoms with Gasteiger partial charge in [0.25, 0.3) is 5.91 Å². The lowest BCUT2D eigenvalue weighted by molar-refractivity contribution is 0.1000. The molecule has 2 N–H and O–H groups in total. The van der Waals surface area contributed by atoms with Crippen molar-refractivity contribution in [3.63, 3.8) is 0 Å². The van der Waals surface area contributed by atoms with Gasteiger partial charge in [0.05, 0.1) is 22.3 Å². The number of thiophene rings is 1. The van der Waals surface area contributed by atoms with Gasteiger partial charge in [-0.15, -0.1) is 16.4 Å². The second-order valence-corrected chi connectivity index (χ2v) is 4.85. The number of amides is 1. The number of carbonyl (C=O) groups is 1. The van der Waals surface area contributed by atoms with Gasteiger partial charge in [-0.05, 0) is 23.6 Å². The minimum absolute atomic E-state index is 0.421. The van der Waals surface area contributed by atoms with Crippen LogP contribution in [0.3, 0.4) is 0 Å². The summed E-state index contributed by atoms with van der Waals surface area (Å²) in [4.78, 5) is 12.4. The summed E-state index contributed by atoms with van der Waals surface area (Å²) < 4.78 is 1.56. The van der Waals surface area contributed by atoms with E-state index in [1.807, 2.05) is 23.6 Å². The summed E-state index contributed by atoms with van der Waals surface area (Å²) in [5, 5.41) is 10.1. The molecule has 19 heavy (non-hydrogen) atoms. The van der Waals surface area contributed by atoms with Gasteiger partial charge in [0.1, 0.15) is 5.69 Å². The standard InChI is InChI=1S/C13H10N4OS/c14-13(18)9-4-1-2-5-11(9)17-8-10(15-16-17)12-6-3-7-19-12/h1-8H,(H2,14,18). The summed E-state index contributed by atoms with van der Waals surface area (Å²) in [6.45, 7) is 0. The highest BCUT2D eigenvalue weighted by atomic mass is 32.1. The fourth-order valence-electron chi connectivity index (χ4n) is 1.80. The van der Waals surface area contributed by atoms with Crippen LogP contribution in [0, 0.1) is 0 Å². The molecule has 1 amide bonds. The van der Waals surface area contributed by atoms with Crippen LogP contribution in [-0.2, 0) is 0 Å². The zero-order valence-electron chi connectivity index (χ0n) is 9.85. The fraction of sp³-hybridized carbons (Fsp3) is 0. The highest BCUT2D eigenvalue weighted by molar-refractivity contribution is 7.13. The van der Waals surface area contributed by atoms with E-state index in [1.165, 1.54) is 0 Å². The number of rotatable bonds is 3. The van der Waals surface area contributed by atoms with Crippen LogP contribution in [0.15, 0.2) is 48.0 Å². The van der Waals surface area contributed by atoms with Crippen LogP contribution in [0.25, 0.3) is 16.3 Å². The highest BCUT2D eigenvalue weighted by Gasteiger charge is 2.11. The first kappa shape index (κ1) is 11.6. The Bertz CT molecular complexity index is 718. The van der Waals surface area contributed by atoms with Gasteiger partial charge in [-0.3, -0.25) is 4.79 Å². The van der Waals surface area contributed by atoms with E-state index >= 15 is 0 Å². The van der Waals surface area contributed by atoms with Crippen LogP contribution < -0.4 is 5.73 Å². The van der Waals surface area contributed by atoms with Crippen LogP contribution in [0.5, 0.6) is 0 Å². The molecule has 0 aliphatic rings. The van der Waals surface area contributed by atoms with Crippen molar-refractivity contribution in [2.24, 2.45) is 5.73 Å². The summed E-state index contributed by atoms with van der Waals surface area (Å²) in [5.41, 5.74) is 7.18. The second kappa shape index (κ2) is 4.66. The van der Waals surface area contributed by atoms with Crippen molar-refractivity contribution in [2.45, 2.75) is 0 Å². The van der Waals surface area contributed by atoms with Crippen LogP contribution >= 0.6 is 11.3 Å². The van der Waals surface area contributed by atoms with Gasteiger partial charge in [0.15, 0.2) is 0 Å². The summed E-state index contributed by atoms with van der Waals surface area (Å²) in [6.07, 6.45) is 1.79. The van der Waals surface area contributed by atoms with E-state index in [-0.39, 0.29) is 0 Å². The number of benzene rings is 1. The van der Waals surface area contributed by atoms with E-state index < -0.39 is 5.91 Å². The van der Waals surface area contributed by atoms with Gasteiger partial charge in [-0.1, -0.05) is 23.4 Å². The smallest absolute Gasteiger partial charge is 0.250 e. The van der Waals surface area contributed by atoms with E-state index in [4.69, 9.17) is 5.73 Å². The number of nitrogens with two attached hydrogens (primary N) is 1. The van der Waals surface area contributed by atoms with Crippen molar-refractivity contribution in [3.8, 4) is 16.3 Å². The molecule has 5 nitrogen and oxygen atoms in total. The topological polar surface area (TPSA) is 73.8 Å². The van der Waals surface area contributed by atoms with Gasteiger partial charge < -0.3 is 5.73 Å². The Labute approximate surface area is 113 Å². The van der Waals surface area contributed by atoms with E-state index in [2.05, 4.69) is 10.3 Å². The molecule has 0 fully saturated rings. The molecule has 0 saturated heterocycles. The molecular formula is C13H10N4OS. The van der Waals surface area contributed by atoms with Crippen molar-refractivity contribution in [1.82, 2.24) is 15.0 Å². The van der Waals surface area contributed by atoms with Crippen molar-refractivity contribution in [1.29, 1.82) is 0 Å². The molecule has 0 bridgehead atoms. The minimum Gasteiger partial charge on any atom is -0.366 e. The molecule has 2 aromatic heterocycles. The predicted octanol–water partition coefficient (Wildman–Crippen LogP) is 2.09. The maximum atomic E-state index is 11.4. The first-order valence-electron chi connectivity index (χ1n) is 5.61. The van der Waals surface area contributed by atoms with Crippen LogP contribution in [0.1, 0.15) is 10.4 Å². The molecule has 0 saturated carbocycles. The first-order chi connectivity index (χ1) is 9.25. The fourth-order valence-corrected chi connectivity index (χ4v) is 2.48. The van der Waals surface area contributed by atoms with Crippen molar-refractivity contribution >= 4 is 17.2 Å². The number of para-hydroxylation sites is 1. The second-order valence-electron chi connectivity index (χ2n) is 3.91. The SMILES string of the molecule is NC(=O)c1ccccc1-n1cc(-c2cccs2)nn1. The number of aromatic nitrogens is 3. The molecular weight excluding hydrogens is 260 g/mol. The van der Waals surface area contributed by atoms with E-state index in [0.717, 1.165) is 10.6 Å². The average molecular weight is 270 g/mol. The van der Waals surface area contributed by atoms with Gasteiger partial charge in [-0.25, -0.2) is 4.68 Å². The quantitative estimate of drug-likeness (QED) is 0.792. The molecule has 0 atom stereocenters. The van der Waals surface area contributed by atoms with E-state index in [0.29, 0.717) is 11.3 Å². The summed E-state index contributed by atoms with van der Waals surface area (Å²) >= 11 is 1.59. The lowest BCUT2D eigenvalue weighted by Crippen LogP contribution is -2.14. The largest absolute Gasteiger partial charge is 0.366 e. The van der Waals surface area contributed by atoms with Crippen LogP contribution in [0.2, 0.25) is 0 Å². The van der Waals surface area contributed by atoms with E-state index in [9.17, 15) is 4.79 Å². The summed E-state index contributed by atoms with van der Waals surface area (Å²) in [6, 6.07) is 11.0. The molecule has 0 aliphatic carbocycles. The van der Waals surface area contributed by atoms with Crippen LogP contribution in [-0.4, -0.2) is 20.9 Å². The molecule has 94 valence electrons. The van der Waals surface area contributed by atoms with Gasteiger partial charge >= 0.3 is 0 Å². The van der Waals surface area contributed by atoms with Crippen molar-refractivity contribution < 1.29 is 4.79 Å².